The van der Waals surface area contributed by atoms with Gasteiger partial charge in [-0.3, -0.25) is 0 Å². The summed E-state index contributed by atoms with van der Waals surface area (Å²) in [4.78, 5) is 8.23. The highest BCUT2D eigenvalue weighted by Crippen LogP contribution is 2.32. The Morgan fingerprint density at radius 2 is 1.96 bits per heavy atom. The van der Waals surface area contributed by atoms with Crippen molar-refractivity contribution in [1.82, 2.24) is 9.97 Å². The summed E-state index contributed by atoms with van der Waals surface area (Å²) in [5.41, 5.74) is 11.7. The van der Waals surface area contributed by atoms with E-state index in [4.69, 9.17) is 10.5 Å². The van der Waals surface area contributed by atoms with Gasteiger partial charge in [-0.1, -0.05) is 25.5 Å². The number of nitrogens with two attached hydrogens (primary N) is 1. The lowest BCUT2D eigenvalue weighted by molar-refractivity contribution is 0.398. The molecule has 0 amide bonds. The first-order chi connectivity index (χ1) is 12.8. The Hall–Kier alpha value is -2.33. The van der Waals surface area contributed by atoms with Gasteiger partial charge in [-0.05, 0) is 68.0 Å². The first-order valence-corrected chi connectivity index (χ1v) is 9.61. The number of aromatic nitrogens is 2. The van der Waals surface area contributed by atoms with Gasteiger partial charge in [-0.25, -0.2) is 4.98 Å². The van der Waals surface area contributed by atoms with Crippen LogP contribution in [-0.4, -0.2) is 23.6 Å². The van der Waals surface area contributed by atoms with Gasteiger partial charge < -0.3 is 15.5 Å². The van der Waals surface area contributed by atoms with Crippen LogP contribution in [0.2, 0.25) is 0 Å². The van der Waals surface area contributed by atoms with Gasteiger partial charge in [0.15, 0.2) is 0 Å². The van der Waals surface area contributed by atoms with E-state index in [1.165, 1.54) is 34.9 Å². The number of fused-ring (bicyclic) bond motifs is 1. The van der Waals surface area contributed by atoms with Gasteiger partial charge in [0.1, 0.15) is 0 Å². The lowest BCUT2D eigenvalue weighted by atomic mass is 9.99. The van der Waals surface area contributed by atoms with Gasteiger partial charge in [0.25, 0.3) is 0 Å². The van der Waals surface area contributed by atoms with Crippen LogP contribution in [0, 0.1) is 0 Å². The molecular formula is C22H29N3O. The minimum absolute atomic E-state index is 0.637. The number of hydrogen-bond acceptors (Lipinski definition) is 3. The van der Waals surface area contributed by atoms with E-state index in [-0.39, 0.29) is 0 Å². The van der Waals surface area contributed by atoms with Crippen molar-refractivity contribution in [3.63, 3.8) is 0 Å². The summed E-state index contributed by atoms with van der Waals surface area (Å²) < 4.78 is 5.31. The van der Waals surface area contributed by atoms with Crippen LogP contribution in [0.25, 0.3) is 22.3 Å². The highest BCUT2D eigenvalue weighted by Gasteiger charge is 2.15. The normalized spacial score (nSPS) is 11.2. The van der Waals surface area contributed by atoms with Crippen molar-refractivity contribution in [1.29, 1.82) is 0 Å². The predicted molar refractivity (Wildman–Crippen MR) is 109 cm³/mol. The van der Waals surface area contributed by atoms with Crippen molar-refractivity contribution in [3.8, 4) is 17.3 Å². The average Bonchev–Trinajstić information content (AvgIpc) is 3.04. The molecule has 2 heterocycles. The molecule has 0 unspecified atom stereocenters. The van der Waals surface area contributed by atoms with Gasteiger partial charge in [-0.15, -0.1) is 0 Å². The van der Waals surface area contributed by atoms with Crippen molar-refractivity contribution < 1.29 is 4.74 Å². The molecule has 4 heteroatoms. The molecule has 1 aromatic carbocycles. The average molecular weight is 351 g/mol. The standard InChI is InChI=1S/C22H29N3O/c1-3-4-8-16-12-13-19-18(15-16)17(9-5-6-14-23)22(25-19)20-10-7-11-21(24-20)26-2/h7,10-13,15,25H,3-6,8-9,14,23H2,1-2H3. The molecule has 4 nitrogen and oxygen atoms in total. The van der Waals surface area contributed by atoms with Crippen LogP contribution in [-0.2, 0) is 12.8 Å². The Morgan fingerprint density at radius 1 is 1.08 bits per heavy atom. The molecule has 0 fully saturated rings. The molecule has 0 aliphatic carbocycles. The summed E-state index contributed by atoms with van der Waals surface area (Å²) >= 11 is 0. The molecule has 0 aliphatic rings. The van der Waals surface area contributed by atoms with E-state index in [1.807, 2.05) is 18.2 Å². The number of rotatable bonds is 9. The van der Waals surface area contributed by atoms with Crippen LogP contribution >= 0.6 is 0 Å². The largest absolute Gasteiger partial charge is 0.481 e. The zero-order valence-corrected chi connectivity index (χ0v) is 15.8. The van der Waals surface area contributed by atoms with Gasteiger partial charge in [-0.2, -0.15) is 0 Å². The highest BCUT2D eigenvalue weighted by molar-refractivity contribution is 5.90. The van der Waals surface area contributed by atoms with Crippen LogP contribution in [0.4, 0.5) is 0 Å². The number of methoxy groups -OCH3 is 1. The molecule has 3 aromatic rings. The molecule has 0 spiro atoms. The molecule has 0 bridgehead atoms. The number of benzene rings is 1. The third kappa shape index (κ3) is 4.07. The molecule has 3 N–H and O–H groups in total. The first kappa shape index (κ1) is 18.5. The molecule has 0 saturated carbocycles. The van der Waals surface area contributed by atoms with Crippen LogP contribution in [0.5, 0.6) is 5.88 Å². The summed E-state index contributed by atoms with van der Waals surface area (Å²) in [5.74, 6) is 0.637. The Balaban J connectivity index is 2.06. The van der Waals surface area contributed by atoms with Crippen LogP contribution in [0.15, 0.2) is 36.4 Å². The topological polar surface area (TPSA) is 63.9 Å². The fourth-order valence-corrected chi connectivity index (χ4v) is 3.42. The smallest absolute Gasteiger partial charge is 0.213 e. The summed E-state index contributed by atoms with van der Waals surface area (Å²) in [6.07, 6.45) is 6.69. The Kier molecular flexibility index (Phi) is 6.29. The summed E-state index contributed by atoms with van der Waals surface area (Å²) in [7, 11) is 1.65. The Bertz CT molecular complexity index is 854. The Morgan fingerprint density at radius 3 is 2.73 bits per heavy atom. The van der Waals surface area contributed by atoms with Crippen LogP contribution < -0.4 is 10.5 Å². The van der Waals surface area contributed by atoms with E-state index in [0.717, 1.165) is 43.6 Å². The van der Waals surface area contributed by atoms with Gasteiger partial charge in [0, 0.05) is 17.0 Å². The molecular weight excluding hydrogens is 322 g/mol. The van der Waals surface area contributed by atoms with E-state index in [2.05, 4.69) is 35.1 Å². The van der Waals surface area contributed by atoms with Gasteiger partial charge in [0.05, 0.1) is 18.5 Å². The molecule has 138 valence electrons. The maximum Gasteiger partial charge on any atom is 0.213 e. The second-order valence-corrected chi connectivity index (χ2v) is 6.77. The van der Waals surface area contributed by atoms with Gasteiger partial charge >= 0.3 is 0 Å². The molecule has 26 heavy (non-hydrogen) atoms. The monoisotopic (exact) mass is 351 g/mol. The number of pyridine rings is 1. The molecule has 2 aromatic heterocycles. The second kappa shape index (κ2) is 8.86. The second-order valence-electron chi connectivity index (χ2n) is 6.77. The Labute approximate surface area is 155 Å². The summed E-state index contributed by atoms with van der Waals surface area (Å²) in [6, 6.07) is 12.7. The van der Waals surface area contributed by atoms with E-state index in [9.17, 15) is 0 Å². The number of aryl methyl sites for hydroxylation is 2. The number of hydrogen-bond donors (Lipinski definition) is 2. The maximum absolute atomic E-state index is 5.71. The van der Waals surface area contributed by atoms with Crippen molar-refractivity contribution in [3.05, 3.63) is 47.5 Å². The third-order valence-corrected chi connectivity index (χ3v) is 4.86. The summed E-state index contributed by atoms with van der Waals surface area (Å²) in [6.45, 7) is 2.97. The van der Waals surface area contributed by atoms with Crippen LogP contribution in [0.3, 0.4) is 0 Å². The van der Waals surface area contributed by atoms with Crippen molar-refractivity contribution >= 4 is 10.9 Å². The molecule has 0 aliphatic heterocycles. The minimum Gasteiger partial charge on any atom is -0.481 e. The van der Waals surface area contributed by atoms with E-state index in [1.54, 1.807) is 7.11 Å². The van der Waals surface area contributed by atoms with Gasteiger partial charge in [0.2, 0.25) is 5.88 Å². The summed E-state index contributed by atoms with van der Waals surface area (Å²) in [5, 5.41) is 1.32. The number of ether oxygens (including phenoxy) is 1. The van der Waals surface area contributed by atoms with E-state index in [0.29, 0.717) is 5.88 Å². The number of unbranched alkanes of at least 4 members (excludes halogenated alkanes) is 2. The third-order valence-electron chi connectivity index (χ3n) is 4.86. The quantitative estimate of drug-likeness (QED) is 0.541. The SMILES string of the molecule is CCCCc1ccc2[nH]c(-c3cccc(OC)n3)c(CCCCN)c2c1. The lowest BCUT2D eigenvalue weighted by Gasteiger charge is -2.07. The molecule has 0 atom stereocenters. The van der Waals surface area contributed by atoms with Crippen molar-refractivity contribution in [2.45, 2.75) is 45.4 Å². The fourth-order valence-electron chi connectivity index (χ4n) is 3.42. The molecule has 0 saturated heterocycles. The molecule has 3 rings (SSSR count). The van der Waals surface area contributed by atoms with Crippen molar-refractivity contribution in [2.24, 2.45) is 5.73 Å². The van der Waals surface area contributed by atoms with E-state index >= 15 is 0 Å². The maximum atomic E-state index is 5.71. The van der Waals surface area contributed by atoms with E-state index < -0.39 is 0 Å². The lowest BCUT2D eigenvalue weighted by Crippen LogP contribution is -1.99. The fraction of sp³-hybridized carbons (Fsp3) is 0.409. The number of H-pyrrole nitrogens is 1. The highest BCUT2D eigenvalue weighted by atomic mass is 16.5. The predicted octanol–water partition coefficient (Wildman–Crippen LogP) is 4.86. The minimum atomic E-state index is 0.637. The van der Waals surface area contributed by atoms with Crippen LogP contribution in [0.1, 0.15) is 43.7 Å². The van der Waals surface area contributed by atoms with Crippen molar-refractivity contribution in [2.75, 3.05) is 13.7 Å². The molecule has 0 radical (unpaired) electrons. The first-order valence-electron chi connectivity index (χ1n) is 9.61. The number of nitrogens with one attached hydrogen (secondary N) is 1. The number of nitrogens with zero attached hydrogens (tertiary/aromatic N) is 1. The zero-order valence-electron chi connectivity index (χ0n) is 15.8. The number of aromatic amines is 1. The zero-order chi connectivity index (χ0) is 18.4.